The Morgan fingerprint density at radius 3 is 2.61 bits per heavy atom. The van der Waals surface area contributed by atoms with Crippen molar-refractivity contribution in [1.82, 2.24) is 25.1 Å². The fourth-order valence-electron chi connectivity index (χ4n) is 3.63. The number of rotatable bonds is 5. The van der Waals surface area contributed by atoms with Gasteiger partial charge < -0.3 is 14.4 Å². The van der Waals surface area contributed by atoms with Gasteiger partial charge in [-0.05, 0) is 59.7 Å². The minimum absolute atomic E-state index is 0.00337. The molecule has 0 radical (unpaired) electrons. The lowest BCUT2D eigenvalue weighted by Crippen LogP contribution is -2.30. The highest BCUT2D eigenvalue weighted by Gasteiger charge is 2.32. The van der Waals surface area contributed by atoms with Gasteiger partial charge in [-0.3, -0.25) is 4.79 Å². The highest BCUT2D eigenvalue weighted by Crippen LogP contribution is 2.39. The Morgan fingerprint density at radius 2 is 1.93 bits per heavy atom. The molecule has 1 aliphatic rings. The molecule has 1 saturated heterocycles. The first-order valence-electron chi connectivity index (χ1n) is 9.07. The first-order valence-corrected chi connectivity index (χ1v) is 9.07. The highest BCUT2D eigenvalue weighted by molar-refractivity contribution is 5.95. The minimum atomic E-state index is -0.0208. The molecule has 1 aliphatic heterocycles. The molecule has 1 fully saturated rings. The summed E-state index contributed by atoms with van der Waals surface area (Å²) < 4.78 is 12.4. The van der Waals surface area contributed by atoms with Gasteiger partial charge in [0.15, 0.2) is 0 Å². The summed E-state index contributed by atoms with van der Waals surface area (Å²) in [6.45, 7) is 0.716. The maximum absolute atomic E-state index is 13.2. The van der Waals surface area contributed by atoms with Crippen LogP contribution in [0.3, 0.4) is 0 Å². The maximum atomic E-state index is 13.2. The van der Waals surface area contributed by atoms with E-state index in [9.17, 15) is 4.79 Å². The Hall–Kier alpha value is -3.42. The summed E-state index contributed by atoms with van der Waals surface area (Å²) in [5, 5.41) is 11.1. The van der Waals surface area contributed by atoms with Gasteiger partial charge in [0.1, 0.15) is 17.8 Å². The van der Waals surface area contributed by atoms with Crippen LogP contribution in [0.2, 0.25) is 0 Å². The van der Waals surface area contributed by atoms with Crippen LogP contribution in [0.1, 0.15) is 34.8 Å². The van der Waals surface area contributed by atoms with Crippen LogP contribution in [-0.4, -0.2) is 51.8 Å². The first kappa shape index (κ1) is 18.0. The van der Waals surface area contributed by atoms with Crippen LogP contribution < -0.4 is 9.47 Å². The van der Waals surface area contributed by atoms with E-state index in [-0.39, 0.29) is 11.9 Å². The lowest BCUT2D eigenvalue weighted by atomic mass is 10.0. The van der Waals surface area contributed by atoms with Gasteiger partial charge in [0.2, 0.25) is 0 Å². The average molecular weight is 379 g/mol. The number of hydrogen-bond acceptors (Lipinski definition) is 6. The standard InChI is InChI=1S/C20H21N5O3/c1-27-16-9-10-17(19(12-16)28-2)18-4-3-11-24(18)20(26)14-5-7-15(8-6-14)25-13-21-22-23-25/h5-10,12-13,18H,3-4,11H2,1-2H3/t18-/m1/s1. The van der Waals surface area contributed by atoms with Crippen molar-refractivity contribution in [3.05, 3.63) is 59.9 Å². The molecular formula is C20H21N5O3. The Balaban J connectivity index is 1.59. The van der Waals surface area contributed by atoms with Crippen molar-refractivity contribution >= 4 is 5.91 Å². The molecule has 1 atom stereocenters. The quantitative estimate of drug-likeness (QED) is 0.678. The Morgan fingerprint density at radius 1 is 1.11 bits per heavy atom. The number of aromatic nitrogens is 4. The third kappa shape index (κ3) is 3.28. The number of nitrogens with zero attached hydrogens (tertiary/aromatic N) is 5. The molecule has 0 unspecified atom stereocenters. The van der Waals surface area contributed by atoms with Crippen molar-refractivity contribution < 1.29 is 14.3 Å². The summed E-state index contributed by atoms with van der Waals surface area (Å²) in [5.74, 6) is 1.47. The molecule has 0 spiro atoms. The van der Waals surface area contributed by atoms with Crippen LogP contribution in [0, 0.1) is 0 Å². The summed E-state index contributed by atoms with van der Waals surface area (Å²) in [5.41, 5.74) is 2.44. The number of tetrazole rings is 1. The van der Waals surface area contributed by atoms with E-state index in [1.165, 1.54) is 6.33 Å². The summed E-state index contributed by atoms with van der Waals surface area (Å²) in [6.07, 6.45) is 3.37. The van der Waals surface area contributed by atoms with Gasteiger partial charge in [0.25, 0.3) is 5.91 Å². The van der Waals surface area contributed by atoms with Crippen LogP contribution in [0.15, 0.2) is 48.8 Å². The fourth-order valence-corrected chi connectivity index (χ4v) is 3.63. The molecule has 8 nitrogen and oxygen atoms in total. The second kappa shape index (κ2) is 7.67. The zero-order valence-corrected chi connectivity index (χ0v) is 15.8. The molecular weight excluding hydrogens is 358 g/mol. The largest absolute Gasteiger partial charge is 0.497 e. The normalized spacial score (nSPS) is 16.2. The maximum Gasteiger partial charge on any atom is 0.254 e. The van der Waals surface area contributed by atoms with E-state index >= 15 is 0 Å². The van der Waals surface area contributed by atoms with Crippen molar-refractivity contribution in [1.29, 1.82) is 0 Å². The summed E-state index contributed by atoms with van der Waals surface area (Å²) in [4.78, 5) is 15.1. The van der Waals surface area contributed by atoms with Crippen molar-refractivity contribution in [2.75, 3.05) is 20.8 Å². The topological polar surface area (TPSA) is 82.4 Å². The van der Waals surface area contributed by atoms with Gasteiger partial charge in [0.05, 0.1) is 25.9 Å². The van der Waals surface area contributed by atoms with E-state index in [4.69, 9.17) is 9.47 Å². The van der Waals surface area contributed by atoms with Crippen molar-refractivity contribution in [2.45, 2.75) is 18.9 Å². The molecule has 28 heavy (non-hydrogen) atoms. The molecule has 0 saturated carbocycles. The molecule has 8 heteroatoms. The van der Waals surface area contributed by atoms with Gasteiger partial charge in [-0.25, -0.2) is 4.68 Å². The summed E-state index contributed by atoms with van der Waals surface area (Å²) in [6, 6.07) is 13.0. The van der Waals surface area contributed by atoms with Crippen LogP contribution in [0.4, 0.5) is 0 Å². The van der Waals surface area contributed by atoms with Gasteiger partial charge >= 0.3 is 0 Å². The van der Waals surface area contributed by atoms with E-state index in [1.54, 1.807) is 31.0 Å². The monoisotopic (exact) mass is 379 g/mol. The zero-order chi connectivity index (χ0) is 19.5. The Bertz CT molecular complexity index is 956. The molecule has 0 bridgehead atoms. The first-order chi connectivity index (χ1) is 13.7. The van der Waals surface area contributed by atoms with Crippen LogP contribution in [0.25, 0.3) is 5.69 Å². The molecule has 0 N–H and O–H groups in total. The van der Waals surface area contributed by atoms with Gasteiger partial charge in [0, 0.05) is 23.7 Å². The number of benzene rings is 2. The Labute approximate surface area is 162 Å². The SMILES string of the molecule is COc1ccc([C@H]2CCCN2C(=O)c2ccc(-n3cnnn3)cc2)c(OC)c1. The molecule has 2 aromatic carbocycles. The lowest BCUT2D eigenvalue weighted by Gasteiger charge is -2.26. The van der Waals surface area contributed by atoms with Crippen LogP contribution in [-0.2, 0) is 0 Å². The van der Waals surface area contributed by atoms with Crippen molar-refractivity contribution in [2.24, 2.45) is 0 Å². The van der Waals surface area contributed by atoms with Gasteiger partial charge in [-0.1, -0.05) is 0 Å². The molecule has 1 aromatic heterocycles. The second-order valence-electron chi connectivity index (χ2n) is 6.57. The lowest BCUT2D eigenvalue weighted by molar-refractivity contribution is 0.0734. The summed E-state index contributed by atoms with van der Waals surface area (Å²) in [7, 11) is 3.26. The van der Waals surface area contributed by atoms with Gasteiger partial charge in [-0.15, -0.1) is 5.10 Å². The average Bonchev–Trinajstić information content (AvgIpc) is 3.45. The number of ether oxygens (including phenoxy) is 2. The molecule has 3 aromatic rings. The van der Waals surface area contributed by atoms with Crippen LogP contribution >= 0.6 is 0 Å². The van der Waals surface area contributed by atoms with Crippen molar-refractivity contribution in [3.8, 4) is 17.2 Å². The van der Waals surface area contributed by atoms with E-state index in [1.807, 2.05) is 35.2 Å². The minimum Gasteiger partial charge on any atom is -0.497 e. The number of amides is 1. The number of methoxy groups -OCH3 is 2. The van der Waals surface area contributed by atoms with Crippen molar-refractivity contribution in [3.63, 3.8) is 0 Å². The van der Waals surface area contributed by atoms with E-state index in [0.29, 0.717) is 12.1 Å². The predicted molar refractivity (Wildman–Crippen MR) is 102 cm³/mol. The number of carbonyl (C=O) groups excluding carboxylic acids is 1. The molecule has 4 rings (SSSR count). The third-order valence-corrected chi connectivity index (χ3v) is 5.04. The van der Waals surface area contributed by atoms with Crippen LogP contribution in [0.5, 0.6) is 11.5 Å². The number of hydrogen-bond donors (Lipinski definition) is 0. The third-order valence-electron chi connectivity index (χ3n) is 5.04. The summed E-state index contributed by atoms with van der Waals surface area (Å²) >= 11 is 0. The Kier molecular flexibility index (Phi) is 4.92. The molecule has 144 valence electrons. The highest BCUT2D eigenvalue weighted by atomic mass is 16.5. The van der Waals surface area contributed by atoms with E-state index in [0.717, 1.165) is 35.6 Å². The number of likely N-dealkylation sites (tertiary alicyclic amines) is 1. The fraction of sp³-hybridized carbons (Fsp3) is 0.300. The smallest absolute Gasteiger partial charge is 0.254 e. The number of carbonyl (C=O) groups is 1. The van der Waals surface area contributed by atoms with E-state index in [2.05, 4.69) is 15.5 Å². The van der Waals surface area contributed by atoms with Gasteiger partial charge in [-0.2, -0.15) is 0 Å². The predicted octanol–water partition coefficient (Wildman–Crippen LogP) is 2.66. The molecule has 2 heterocycles. The zero-order valence-electron chi connectivity index (χ0n) is 15.8. The van der Waals surface area contributed by atoms with E-state index < -0.39 is 0 Å². The second-order valence-corrected chi connectivity index (χ2v) is 6.57. The molecule has 1 amide bonds. The molecule has 0 aliphatic carbocycles.